The summed E-state index contributed by atoms with van der Waals surface area (Å²) in [4.78, 5) is 2.33. The number of methoxy groups -OCH3 is 2. The number of hydrogen-bond donors (Lipinski definition) is 1. The van der Waals surface area contributed by atoms with Gasteiger partial charge in [-0.15, -0.1) is 0 Å². The van der Waals surface area contributed by atoms with Crippen molar-refractivity contribution in [3.8, 4) is 6.07 Å². The van der Waals surface area contributed by atoms with Gasteiger partial charge in [-0.05, 0) is 25.8 Å². The summed E-state index contributed by atoms with van der Waals surface area (Å²) in [6, 6.07) is 2.27. The fourth-order valence-electron chi connectivity index (χ4n) is 1.83. The molecule has 5 heteroatoms. The van der Waals surface area contributed by atoms with Crippen molar-refractivity contribution in [2.75, 3.05) is 53.6 Å². The third-order valence-corrected chi connectivity index (χ3v) is 2.97. The van der Waals surface area contributed by atoms with E-state index < -0.39 is 0 Å². The lowest BCUT2D eigenvalue weighted by molar-refractivity contribution is 0.131. The first-order chi connectivity index (χ1) is 9.28. The maximum atomic E-state index is 9.08. The number of ether oxygens (including phenoxy) is 2. The maximum Gasteiger partial charge on any atom is 0.0965 e. The molecule has 0 bridgehead atoms. The lowest BCUT2D eigenvalue weighted by atomic mass is 10.2. The Morgan fingerprint density at radius 2 is 1.89 bits per heavy atom. The first kappa shape index (κ1) is 18.3. The van der Waals surface area contributed by atoms with Crippen molar-refractivity contribution in [2.45, 2.75) is 32.2 Å². The standard InChI is InChI=1S/C14H29N3O2/c1-4-7-16-14(13-15)6-9-17(10-12-19-3)8-5-11-18-2/h14,16H,4-12H2,1-3H3. The first-order valence-corrected chi connectivity index (χ1v) is 7.11. The lowest BCUT2D eigenvalue weighted by Crippen LogP contribution is -2.36. The van der Waals surface area contributed by atoms with Crippen molar-refractivity contribution >= 4 is 0 Å². The van der Waals surface area contributed by atoms with Gasteiger partial charge < -0.3 is 19.7 Å². The van der Waals surface area contributed by atoms with Crippen LogP contribution >= 0.6 is 0 Å². The zero-order chi connectivity index (χ0) is 14.3. The third kappa shape index (κ3) is 10.9. The van der Waals surface area contributed by atoms with E-state index in [9.17, 15) is 0 Å². The topological polar surface area (TPSA) is 57.5 Å². The van der Waals surface area contributed by atoms with Crippen molar-refractivity contribution in [3.05, 3.63) is 0 Å². The molecule has 0 aromatic heterocycles. The number of nitrogens with one attached hydrogen (secondary N) is 1. The van der Waals surface area contributed by atoms with Crippen LogP contribution in [0.1, 0.15) is 26.2 Å². The highest BCUT2D eigenvalue weighted by Gasteiger charge is 2.10. The molecule has 19 heavy (non-hydrogen) atoms. The highest BCUT2D eigenvalue weighted by molar-refractivity contribution is 4.90. The number of rotatable bonds is 13. The number of nitrogens with zero attached hydrogens (tertiary/aromatic N) is 2. The second-order valence-electron chi connectivity index (χ2n) is 4.61. The molecule has 0 aromatic rings. The third-order valence-electron chi connectivity index (χ3n) is 2.97. The van der Waals surface area contributed by atoms with Crippen molar-refractivity contribution in [2.24, 2.45) is 0 Å². The van der Waals surface area contributed by atoms with E-state index in [1.165, 1.54) is 0 Å². The first-order valence-electron chi connectivity index (χ1n) is 7.11. The predicted molar refractivity (Wildman–Crippen MR) is 77.1 cm³/mol. The van der Waals surface area contributed by atoms with Crippen LogP contribution in [0.5, 0.6) is 0 Å². The van der Waals surface area contributed by atoms with Gasteiger partial charge in [-0.25, -0.2) is 0 Å². The average molecular weight is 271 g/mol. The van der Waals surface area contributed by atoms with Gasteiger partial charge in [0.1, 0.15) is 0 Å². The van der Waals surface area contributed by atoms with E-state index in [1.54, 1.807) is 14.2 Å². The Bertz CT molecular complexity index is 231. The molecule has 0 aromatic carbocycles. The Labute approximate surface area is 117 Å². The molecule has 0 aliphatic rings. The van der Waals surface area contributed by atoms with Gasteiger partial charge in [-0.3, -0.25) is 0 Å². The minimum absolute atomic E-state index is 0.0487. The maximum absolute atomic E-state index is 9.08. The smallest absolute Gasteiger partial charge is 0.0965 e. The van der Waals surface area contributed by atoms with E-state index >= 15 is 0 Å². The van der Waals surface area contributed by atoms with E-state index in [4.69, 9.17) is 14.7 Å². The van der Waals surface area contributed by atoms with Gasteiger partial charge in [-0.2, -0.15) is 5.26 Å². The largest absolute Gasteiger partial charge is 0.385 e. The molecule has 0 saturated heterocycles. The minimum atomic E-state index is -0.0487. The summed E-state index contributed by atoms with van der Waals surface area (Å²) in [5.41, 5.74) is 0. The molecular formula is C14H29N3O2. The minimum Gasteiger partial charge on any atom is -0.385 e. The second-order valence-corrected chi connectivity index (χ2v) is 4.61. The zero-order valence-corrected chi connectivity index (χ0v) is 12.7. The van der Waals surface area contributed by atoms with Gasteiger partial charge >= 0.3 is 0 Å². The molecule has 0 aliphatic heterocycles. The van der Waals surface area contributed by atoms with E-state index in [1.807, 2.05) is 0 Å². The molecule has 0 spiro atoms. The second kappa shape index (κ2) is 13.8. The van der Waals surface area contributed by atoms with Crippen LogP contribution in [0.4, 0.5) is 0 Å². The van der Waals surface area contributed by atoms with Gasteiger partial charge in [0.25, 0.3) is 0 Å². The van der Waals surface area contributed by atoms with Crippen LogP contribution in [0.2, 0.25) is 0 Å². The average Bonchev–Trinajstić information content (AvgIpc) is 2.44. The van der Waals surface area contributed by atoms with Gasteiger partial charge in [0.15, 0.2) is 0 Å². The molecule has 0 saturated carbocycles. The summed E-state index contributed by atoms with van der Waals surface area (Å²) in [6.07, 6.45) is 2.92. The van der Waals surface area contributed by atoms with Crippen LogP contribution in [0.15, 0.2) is 0 Å². The van der Waals surface area contributed by atoms with E-state index in [0.717, 1.165) is 58.7 Å². The fourth-order valence-corrected chi connectivity index (χ4v) is 1.83. The van der Waals surface area contributed by atoms with Crippen LogP contribution in [-0.4, -0.2) is 64.6 Å². The van der Waals surface area contributed by atoms with E-state index in [2.05, 4.69) is 23.2 Å². The van der Waals surface area contributed by atoms with Crippen molar-refractivity contribution < 1.29 is 9.47 Å². The highest BCUT2D eigenvalue weighted by atomic mass is 16.5. The Morgan fingerprint density at radius 1 is 1.16 bits per heavy atom. The van der Waals surface area contributed by atoms with Crippen molar-refractivity contribution in [1.29, 1.82) is 5.26 Å². The van der Waals surface area contributed by atoms with Crippen LogP contribution in [-0.2, 0) is 9.47 Å². The molecule has 0 rings (SSSR count). The Balaban J connectivity index is 3.96. The summed E-state index contributed by atoms with van der Waals surface area (Å²) < 4.78 is 10.2. The van der Waals surface area contributed by atoms with Gasteiger partial charge in [0, 0.05) is 40.5 Å². The van der Waals surface area contributed by atoms with Gasteiger partial charge in [0.05, 0.1) is 18.7 Å². The quantitative estimate of drug-likeness (QED) is 0.511. The summed E-state index contributed by atoms with van der Waals surface area (Å²) in [7, 11) is 3.44. The predicted octanol–water partition coefficient (Wildman–Crippen LogP) is 1.25. The van der Waals surface area contributed by atoms with Gasteiger partial charge in [0.2, 0.25) is 0 Å². The molecule has 0 fully saturated rings. The zero-order valence-electron chi connectivity index (χ0n) is 12.7. The molecule has 1 unspecified atom stereocenters. The van der Waals surface area contributed by atoms with Crippen LogP contribution in [0, 0.1) is 11.3 Å². The summed E-state index contributed by atoms with van der Waals surface area (Å²) in [5, 5.41) is 12.3. The van der Waals surface area contributed by atoms with Crippen molar-refractivity contribution in [1.82, 2.24) is 10.2 Å². The van der Waals surface area contributed by atoms with Gasteiger partial charge in [-0.1, -0.05) is 6.92 Å². The SMILES string of the molecule is CCCNC(C#N)CCN(CCCOC)CCOC. The summed E-state index contributed by atoms with van der Waals surface area (Å²) >= 11 is 0. The highest BCUT2D eigenvalue weighted by Crippen LogP contribution is 1.99. The number of nitriles is 1. The fraction of sp³-hybridized carbons (Fsp3) is 0.929. The van der Waals surface area contributed by atoms with E-state index in [0.29, 0.717) is 0 Å². The van der Waals surface area contributed by atoms with E-state index in [-0.39, 0.29) is 6.04 Å². The molecular weight excluding hydrogens is 242 g/mol. The molecule has 5 nitrogen and oxygen atoms in total. The number of hydrogen-bond acceptors (Lipinski definition) is 5. The van der Waals surface area contributed by atoms with Crippen molar-refractivity contribution in [3.63, 3.8) is 0 Å². The summed E-state index contributed by atoms with van der Waals surface area (Å²) in [5.74, 6) is 0. The summed E-state index contributed by atoms with van der Waals surface area (Å²) in [6.45, 7) is 7.33. The Hall–Kier alpha value is -0.670. The monoisotopic (exact) mass is 271 g/mol. The molecule has 0 heterocycles. The Morgan fingerprint density at radius 3 is 2.47 bits per heavy atom. The Kier molecular flexibility index (Phi) is 13.3. The molecule has 1 N–H and O–H groups in total. The van der Waals surface area contributed by atoms with Crippen LogP contribution < -0.4 is 5.32 Å². The van der Waals surface area contributed by atoms with Crippen LogP contribution in [0.25, 0.3) is 0 Å². The molecule has 0 radical (unpaired) electrons. The molecule has 0 amide bonds. The lowest BCUT2D eigenvalue weighted by Gasteiger charge is -2.23. The molecule has 1 atom stereocenters. The van der Waals surface area contributed by atoms with Crippen LogP contribution in [0.3, 0.4) is 0 Å². The molecule has 0 aliphatic carbocycles. The normalized spacial score (nSPS) is 12.6. The molecule has 112 valence electrons.